The van der Waals surface area contributed by atoms with Crippen LogP contribution in [-0.4, -0.2) is 30.8 Å². The van der Waals surface area contributed by atoms with E-state index >= 15 is 0 Å². The van der Waals surface area contributed by atoms with Crippen molar-refractivity contribution >= 4 is 18.3 Å². The lowest BCUT2D eigenvalue weighted by Gasteiger charge is -2.19. The van der Waals surface area contributed by atoms with Crippen LogP contribution in [-0.2, 0) is 20.9 Å². The zero-order chi connectivity index (χ0) is 17.2. The lowest BCUT2D eigenvalue weighted by molar-refractivity contribution is -0.136. The first-order valence-electron chi connectivity index (χ1n) is 7.46. The molecule has 0 unspecified atom stereocenters. The highest BCUT2D eigenvalue weighted by molar-refractivity contribution is 6.07. The van der Waals surface area contributed by atoms with E-state index in [0.717, 1.165) is 11.3 Å². The van der Waals surface area contributed by atoms with Gasteiger partial charge >= 0.3 is 5.97 Å². The van der Waals surface area contributed by atoms with Crippen molar-refractivity contribution in [1.29, 1.82) is 0 Å². The standard InChI is InChI=1S/C19H19NO4/c1-23-19(22)17(15-21)14-20(13-16-7-3-2-4-8-16)11-5-9-18-10-6-12-24-18/h2-10,12,14-15H,11,13H2,1H3/b9-5+,17-14+. The van der Waals surface area contributed by atoms with Gasteiger partial charge in [0.1, 0.15) is 11.3 Å². The summed E-state index contributed by atoms with van der Waals surface area (Å²) in [5.41, 5.74) is 1.04. The van der Waals surface area contributed by atoms with Crippen LogP contribution in [0.15, 0.2) is 71.0 Å². The molecule has 0 bridgehead atoms. The Hall–Kier alpha value is -3.08. The molecule has 1 aromatic heterocycles. The van der Waals surface area contributed by atoms with Gasteiger partial charge in [-0.05, 0) is 23.8 Å². The maximum atomic E-state index is 11.6. The third-order valence-electron chi connectivity index (χ3n) is 3.26. The fraction of sp³-hybridized carbons (Fsp3) is 0.158. The number of carbonyl (C=O) groups excluding carboxylic acids is 2. The first kappa shape index (κ1) is 17.3. The van der Waals surface area contributed by atoms with E-state index in [1.807, 2.05) is 59.5 Å². The molecule has 0 amide bonds. The van der Waals surface area contributed by atoms with Crippen molar-refractivity contribution in [1.82, 2.24) is 4.90 Å². The number of carbonyl (C=O) groups is 2. The van der Waals surface area contributed by atoms with Crippen LogP contribution in [0.5, 0.6) is 0 Å². The van der Waals surface area contributed by atoms with Crippen LogP contribution >= 0.6 is 0 Å². The highest BCUT2D eigenvalue weighted by Crippen LogP contribution is 2.09. The van der Waals surface area contributed by atoms with Crippen LogP contribution < -0.4 is 0 Å². The number of aldehydes is 1. The Morgan fingerprint density at radius 3 is 2.62 bits per heavy atom. The van der Waals surface area contributed by atoms with Crippen molar-refractivity contribution in [3.63, 3.8) is 0 Å². The number of rotatable bonds is 8. The van der Waals surface area contributed by atoms with Crippen molar-refractivity contribution < 1.29 is 18.7 Å². The molecule has 1 aromatic carbocycles. The van der Waals surface area contributed by atoms with Gasteiger partial charge in [0, 0.05) is 19.3 Å². The summed E-state index contributed by atoms with van der Waals surface area (Å²) in [6.07, 6.45) is 7.35. The molecule has 24 heavy (non-hydrogen) atoms. The van der Waals surface area contributed by atoms with Crippen molar-refractivity contribution in [3.05, 3.63) is 77.9 Å². The van der Waals surface area contributed by atoms with E-state index in [0.29, 0.717) is 19.4 Å². The summed E-state index contributed by atoms with van der Waals surface area (Å²) < 4.78 is 9.86. The predicted octanol–water partition coefficient (Wildman–Crippen LogP) is 3.05. The molecular weight excluding hydrogens is 306 g/mol. The minimum atomic E-state index is -0.655. The zero-order valence-corrected chi connectivity index (χ0v) is 13.4. The van der Waals surface area contributed by atoms with Gasteiger partial charge in [-0.3, -0.25) is 4.79 Å². The van der Waals surface area contributed by atoms with Gasteiger partial charge in [0.2, 0.25) is 0 Å². The maximum Gasteiger partial charge on any atom is 0.342 e. The Balaban J connectivity index is 2.15. The summed E-state index contributed by atoms with van der Waals surface area (Å²) >= 11 is 0. The van der Waals surface area contributed by atoms with Gasteiger partial charge < -0.3 is 14.1 Å². The summed E-state index contributed by atoms with van der Waals surface area (Å²) in [6.45, 7) is 1.06. The molecule has 124 valence electrons. The molecule has 0 N–H and O–H groups in total. The first-order valence-corrected chi connectivity index (χ1v) is 7.46. The summed E-state index contributed by atoms with van der Waals surface area (Å²) in [7, 11) is 1.25. The lowest BCUT2D eigenvalue weighted by Crippen LogP contribution is -2.20. The van der Waals surface area contributed by atoms with E-state index in [1.165, 1.54) is 13.3 Å². The zero-order valence-electron chi connectivity index (χ0n) is 13.4. The highest BCUT2D eigenvalue weighted by Gasteiger charge is 2.11. The molecule has 0 saturated heterocycles. The molecule has 5 heteroatoms. The molecule has 2 rings (SSSR count). The molecule has 0 saturated carbocycles. The van der Waals surface area contributed by atoms with Crippen LogP contribution in [0.1, 0.15) is 11.3 Å². The molecule has 0 radical (unpaired) electrons. The summed E-state index contributed by atoms with van der Waals surface area (Å²) in [5.74, 6) is 0.0836. The van der Waals surface area contributed by atoms with Gasteiger partial charge in [0.25, 0.3) is 0 Å². The molecule has 0 fully saturated rings. The smallest absolute Gasteiger partial charge is 0.342 e. The molecule has 0 atom stereocenters. The van der Waals surface area contributed by atoms with E-state index in [-0.39, 0.29) is 5.57 Å². The largest absolute Gasteiger partial charge is 0.465 e. The maximum absolute atomic E-state index is 11.6. The number of hydrogen-bond donors (Lipinski definition) is 0. The van der Waals surface area contributed by atoms with Crippen LogP contribution in [0.2, 0.25) is 0 Å². The first-order chi connectivity index (χ1) is 11.7. The van der Waals surface area contributed by atoms with Gasteiger partial charge in [-0.2, -0.15) is 0 Å². The van der Waals surface area contributed by atoms with Gasteiger partial charge in [-0.15, -0.1) is 0 Å². The highest BCUT2D eigenvalue weighted by atomic mass is 16.5. The Morgan fingerprint density at radius 1 is 1.21 bits per heavy atom. The fourth-order valence-electron chi connectivity index (χ4n) is 2.12. The van der Waals surface area contributed by atoms with E-state index in [4.69, 9.17) is 4.42 Å². The second kappa shape index (κ2) is 9.15. The quantitative estimate of drug-likeness (QED) is 0.245. The van der Waals surface area contributed by atoms with Crippen LogP contribution in [0, 0.1) is 0 Å². The molecule has 5 nitrogen and oxygen atoms in total. The van der Waals surface area contributed by atoms with Crippen LogP contribution in [0.25, 0.3) is 6.08 Å². The normalized spacial score (nSPS) is 11.5. The number of methoxy groups -OCH3 is 1. The van der Waals surface area contributed by atoms with Crippen molar-refractivity contribution in [2.24, 2.45) is 0 Å². The topological polar surface area (TPSA) is 59.8 Å². The fourth-order valence-corrected chi connectivity index (χ4v) is 2.12. The third kappa shape index (κ3) is 5.28. The number of benzene rings is 1. The van der Waals surface area contributed by atoms with Crippen molar-refractivity contribution in [2.75, 3.05) is 13.7 Å². The number of hydrogen-bond acceptors (Lipinski definition) is 5. The van der Waals surface area contributed by atoms with Gasteiger partial charge in [0.05, 0.1) is 13.4 Å². The molecule has 0 spiro atoms. The number of ether oxygens (including phenoxy) is 1. The molecule has 0 aliphatic heterocycles. The van der Waals surface area contributed by atoms with Crippen LogP contribution in [0.3, 0.4) is 0 Å². The number of nitrogens with zero attached hydrogens (tertiary/aromatic N) is 1. The van der Waals surface area contributed by atoms with Gasteiger partial charge in [-0.1, -0.05) is 36.4 Å². The van der Waals surface area contributed by atoms with Gasteiger partial charge in [-0.25, -0.2) is 4.79 Å². The minimum Gasteiger partial charge on any atom is -0.465 e. The second-order valence-corrected chi connectivity index (χ2v) is 5.03. The van der Waals surface area contributed by atoms with E-state index in [2.05, 4.69) is 4.74 Å². The second-order valence-electron chi connectivity index (χ2n) is 5.03. The monoisotopic (exact) mass is 325 g/mol. The molecule has 0 aliphatic rings. The lowest BCUT2D eigenvalue weighted by atomic mass is 10.2. The SMILES string of the molecule is COC(=O)/C(C=O)=C/N(C/C=C/c1ccco1)Cc1ccccc1. The number of furan rings is 1. The third-order valence-corrected chi connectivity index (χ3v) is 3.26. The predicted molar refractivity (Wildman–Crippen MR) is 90.8 cm³/mol. The molecule has 0 aliphatic carbocycles. The average molecular weight is 325 g/mol. The van der Waals surface area contributed by atoms with Crippen LogP contribution in [0.4, 0.5) is 0 Å². The molecular formula is C19H19NO4. The number of esters is 1. The van der Waals surface area contributed by atoms with E-state index in [1.54, 1.807) is 6.26 Å². The van der Waals surface area contributed by atoms with Crippen molar-refractivity contribution in [3.8, 4) is 0 Å². The van der Waals surface area contributed by atoms with E-state index < -0.39 is 5.97 Å². The summed E-state index contributed by atoms with van der Waals surface area (Å²) in [4.78, 5) is 24.6. The molecule has 1 heterocycles. The Bertz CT molecular complexity index is 702. The van der Waals surface area contributed by atoms with E-state index in [9.17, 15) is 9.59 Å². The Morgan fingerprint density at radius 2 is 2.00 bits per heavy atom. The Kier molecular flexibility index (Phi) is 6.58. The Labute approximate surface area is 140 Å². The van der Waals surface area contributed by atoms with Gasteiger partial charge in [0.15, 0.2) is 6.29 Å². The summed E-state index contributed by atoms with van der Waals surface area (Å²) in [5, 5.41) is 0. The van der Waals surface area contributed by atoms with Crippen molar-refractivity contribution in [2.45, 2.75) is 6.54 Å². The summed E-state index contributed by atoms with van der Waals surface area (Å²) in [6, 6.07) is 13.4. The average Bonchev–Trinajstić information content (AvgIpc) is 3.13. The molecule has 2 aromatic rings. The minimum absolute atomic E-state index is 0.0279.